The lowest BCUT2D eigenvalue weighted by atomic mass is 10.6. The van der Waals surface area contributed by atoms with Gasteiger partial charge in [0.25, 0.3) is 0 Å². The average Bonchev–Trinajstić information content (AvgIpc) is 2.14. The van der Waals surface area contributed by atoms with E-state index in [4.69, 9.17) is 5.26 Å². The van der Waals surface area contributed by atoms with Crippen molar-refractivity contribution in [2.75, 3.05) is 0 Å². The predicted molar refractivity (Wildman–Crippen MR) is 39.5 cm³/mol. The first kappa shape index (κ1) is 5.98. The monoisotopic (exact) mass is 236 g/mol. The molecule has 0 bridgehead atoms. The quantitative estimate of drug-likeness (QED) is 0.641. The van der Waals surface area contributed by atoms with Gasteiger partial charge in [-0.1, -0.05) is 11.3 Å². The summed E-state index contributed by atoms with van der Waals surface area (Å²) >= 11 is 3.48. The van der Waals surface area contributed by atoms with E-state index < -0.39 is 0 Å². The minimum atomic E-state index is 0.675. The topological polar surface area (TPSA) is 36.7 Å². The van der Waals surface area contributed by atoms with E-state index in [1.807, 2.05) is 6.07 Å². The first-order chi connectivity index (χ1) is 3.83. The zero-order valence-corrected chi connectivity index (χ0v) is 6.73. The number of thiazole rings is 1. The van der Waals surface area contributed by atoms with E-state index in [1.165, 1.54) is 11.3 Å². The second-order valence-electron chi connectivity index (χ2n) is 1.09. The SMILES string of the molecule is N#Cc1cnc(I)s1. The maximum absolute atomic E-state index is 8.27. The van der Waals surface area contributed by atoms with Gasteiger partial charge in [0.1, 0.15) is 10.9 Å². The summed E-state index contributed by atoms with van der Waals surface area (Å²) in [4.78, 5) is 4.55. The molecule has 0 saturated carbocycles. The Kier molecular flexibility index (Phi) is 1.81. The third kappa shape index (κ3) is 1.17. The van der Waals surface area contributed by atoms with Gasteiger partial charge in [-0.15, -0.1) is 0 Å². The summed E-state index contributed by atoms with van der Waals surface area (Å²) in [7, 11) is 0. The molecule has 0 amide bonds. The van der Waals surface area contributed by atoms with Crippen molar-refractivity contribution >= 4 is 33.9 Å². The fraction of sp³-hybridized carbons (Fsp3) is 0. The summed E-state index contributed by atoms with van der Waals surface area (Å²) in [6, 6.07) is 2.00. The molecule has 1 rings (SSSR count). The van der Waals surface area contributed by atoms with Gasteiger partial charge in [0.15, 0.2) is 3.01 Å². The molecule has 0 spiro atoms. The highest BCUT2D eigenvalue weighted by molar-refractivity contribution is 14.1. The molecule has 0 N–H and O–H groups in total. The molecule has 0 fully saturated rings. The van der Waals surface area contributed by atoms with Crippen LogP contribution in [0.5, 0.6) is 0 Å². The molecule has 0 saturated heterocycles. The number of halogens is 1. The maximum Gasteiger partial charge on any atom is 0.155 e. The van der Waals surface area contributed by atoms with E-state index in [1.54, 1.807) is 6.20 Å². The van der Waals surface area contributed by atoms with Crippen molar-refractivity contribution in [1.82, 2.24) is 4.98 Å². The van der Waals surface area contributed by atoms with E-state index in [9.17, 15) is 0 Å². The zero-order chi connectivity index (χ0) is 5.98. The minimum absolute atomic E-state index is 0.675. The summed E-state index contributed by atoms with van der Waals surface area (Å²) in [6.07, 6.45) is 1.58. The van der Waals surface area contributed by atoms with Gasteiger partial charge in [0.2, 0.25) is 0 Å². The number of aromatic nitrogens is 1. The fourth-order valence-electron chi connectivity index (χ4n) is 0.305. The van der Waals surface area contributed by atoms with Gasteiger partial charge in [-0.2, -0.15) is 5.26 Å². The van der Waals surface area contributed by atoms with Gasteiger partial charge in [0.05, 0.1) is 6.20 Å². The van der Waals surface area contributed by atoms with Crippen LogP contribution in [0.4, 0.5) is 0 Å². The highest BCUT2D eigenvalue weighted by Crippen LogP contribution is 2.12. The van der Waals surface area contributed by atoms with E-state index in [0.717, 1.165) is 3.01 Å². The van der Waals surface area contributed by atoms with Crippen molar-refractivity contribution in [2.45, 2.75) is 0 Å². The molecule has 0 atom stereocenters. The number of rotatable bonds is 0. The van der Waals surface area contributed by atoms with Crippen molar-refractivity contribution in [1.29, 1.82) is 5.26 Å². The Hall–Kier alpha value is -0.150. The van der Waals surface area contributed by atoms with E-state index in [0.29, 0.717) is 4.88 Å². The van der Waals surface area contributed by atoms with Crippen LogP contribution in [0.3, 0.4) is 0 Å². The van der Waals surface area contributed by atoms with E-state index in [2.05, 4.69) is 27.6 Å². The fourth-order valence-corrected chi connectivity index (χ4v) is 1.59. The van der Waals surface area contributed by atoms with Gasteiger partial charge in [-0.05, 0) is 22.6 Å². The molecule has 0 aromatic carbocycles. The van der Waals surface area contributed by atoms with Crippen molar-refractivity contribution in [3.63, 3.8) is 0 Å². The molecule has 1 heterocycles. The van der Waals surface area contributed by atoms with Gasteiger partial charge in [0, 0.05) is 0 Å². The molecule has 0 aliphatic heterocycles. The normalized spacial score (nSPS) is 8.50. The van der Waals surface area contributed by atoms with Crippen molar-refractivity contribution in [3.8, 4) is 6.07 Å². The molecule has 0 aliphatic rings. The second kappa shape index (κ2) is 2.42. The summed E-state index contributed by atoms with van der Waals surface area (Å²) in [5.74, 6) is 0. The van der Waals surface area contributed by atoms with Crippen LogP contribution in [0.1, 0.15) is 4.88 Å². The number of hydrogen-bond donors (Lipinski definition) is 0. The Morgan fingerprint density at radius 1 is 1.88 bits per heavy atom. The van der Waals surface area contributed by atoms with Crippen LogP contribution < -0.4 is 0 Å². The van der Waals surface area contributed by atoms with Crippen LogP contribution >= 0.6 is 33.9 Å². The number of nitriles is 1. The van der Waals surface area contributed by atoms with Crippen LogP contribution in [-0.2, 0) is 0 Å². The largest absolute Gasteiger partial charge is 0.237 e. The smallest absolute Gasteiger partial charge is 0.155 e. The van der Waals surface area contributed by atoms with Crippen LogP contribution in [0.25, 0.3) is 0 Å². The van der Waals surface area contributed by atoms with Crippen molar-refractivity contribution in [2.24, 2.45) is 0 Å². The third-order valence-corrected chi connectivity index (χ3v) is 2.22. The lowest BCUT2D eigenvalue weighted by Gasteiger charge is -1.64. The first-order valence-electron chi connectivity index (χ1n) is 1.84. The van der Waals surface area contributed by atoms with Gasteiger partial charge in [-0.3, -0.25) is 0 Å². The Balaban J connectivity index is 3.05. The second-order valence-corrected chi connectivity index (χ2v) is 3.87. The molecule has 8 heavy (non-hydrogen) atoms. The van der Waals surface area contributed by atoms with Crippen molar-refractivity contribution in [3.05, 3.63) is 14.1 Å². The maximum atomic E-state index is 8.27. The summed E-state index contributed by atoms with van der Waals surface area (Å²) in [5, 5.41) is 8.27. The van der Waals surface area contributed by atoms with Gasteiger partial charge in [-0.25, -0.2) is 4.98 Å². The molecule has 4 heteroatoms. The van der Waals surface area contributed by atoms with Crippen LogP contribution in [0, 0.1) is 14.3 Å². The average molecular weight is 236 g/mol. The van der Waals surface area contributed by atoms with Gasteiger partial charge >= 0.3 is 0 Å². The summed E-state index contributed by atoms with van der Waals surface area (Å²) < 4.78 is 0.916. The first-order valence-corrected chi connectivity index (χ1v) is 3.74. The van der Waals surface area contributed by atoms with Crippen LogP contribution in [0.2, 0.25) is 0 Å². The molecule has 0 radical (unpaired) electrons. The van der Waals surface area contributed by atoms with Crippen LogP contribution in [-0.4, -0.2) is 4.98 Å². The molecule has 1 aromatic rings. The molecule has 0 aliphatic carbocycles. The minimum Gasteiger partial charge on any atom is -0.237 e. The Morgan fingerprint density at radius 3 is 2.88 bits per heavy atom. The van der Waals surface area contributed by atoms with Crippen molar-refractivity contribution < 1.29 is 0 Å². The molecule has 1 aromatic heterocycles. The molecular weight excluding hydrogens is 235 g/mol. The molecule has 0 unspecified atom stereocenters. The van der Waals surface area contributed by atoms with Crippen LogP contribution in [0.15, 0.2) is 6.20 Å². The lowest BCUT2D eigenvalue weighted by Crippen LogP contribution is -1.56. The zero-order valence-electron chi connectivity index (χ0n) is 3.76. The van der Waals surface area contributed by atoms with Gasteiger partial charge < -0.3 is 0 Å². The number of hydrogen-bond acceptors (Lipinski definition) is 3. The van der Waals surface area contributed by atoms with E-state index in [-0.39, 0.29) is 0 Å². The Morgan fingerprint density at radius 2 is 2.62 bits per heavy atom. The van der Waals surface area contributed by atoms with E-state index >= 15 is 0 Å². The number of nitrogens with zero attached hydrogens (tertiary/aromatic N) is 2. The highest BCUT2D eigenvalue weighted by Gasteiger charge is 1.93. The predicted octanol–water partition coefficient (Wildman–Crippen LogP) is 1.62. The Bertz CT molecular complexity index is 224. The molecular formula is C4HIN2S. The molecule has 2 nitrogen and oxygen atoms in total. The highest BCUT2D eigenvalue weighted by atomic mass is 127. The standard InChI is InChI=1S/C4HIN2S/c5-4-7-2-3(1-6)8-4/h2H. The molecule has 40 valence electrons. The third-order valence-electron chi connectivity index (χ3n) is 0.588. The summed E-state index contributed by atoms with van der Waals surface area (Å²) in [6.45, 7) is 0. The summed E-state index contributed by atoms with van der Waals surface area (Å²) in [5.41, 5.74) is 0. The lowest BCUT2D eigenvalue weighted by molar-refractivity contribution is 1.36. The Labute approximate surface area is 64.3 Å².